The van der Waals surface area contributed by atoms with Gasteiger partial charge >= 0.3 is 5.69 Å². The molecule has 1 heterocycles. The molecule has 0 unspecified atom stereocenters. The molecule has 1 aliphatic rings. The van der Waals surface area contributed by atoms with Crippen LogP contribution in [-0.2, 0) is 0 Å². The maximum absolute atomic E-state index is 10.7. The van der Waals surface area contributed by atoms with Crippen LogP contribution in [0.5, 0.6) is 0 Å². The normalized spacial score (nSPS) is 14.5. The monoisotopic (exact) mass is 250 g/mol. The van der Waals surface area contributed by atoms with E-state index in [0.717, 1.165) is 31.2 Å². The highest BCUT2D eigenvalue weighted by atomic mass is 16.6. The van der Waals surface area contributed by atoms with Gasteiger partial charge in [-0.3, -0.25) is 10.1 Å². The van der Waals surface area contributed by atoms with Crippen LogP contribution in [0.1, 0.15) is 26.2 Å². The number of anilines is 2. The van der Waals surface area contributed by atoms with Crippen LogP contribution in [-0.4, -0.2) is 23.0 Å². The van der Waals surface area contributed by atoms with Gasteiger partial charge in [-0.25, -0.2) is 4.98 Å². The first-order valence-electron chi connectivity index (χ1n) is 6.27. The van der Waals surface area contributed by atoms with E-state index in [1.807, 2.05) is 0 Å². The van der Waals surface area contributed by atoms with Gasteiger partial charge in [0.25, 0.3) is 0 Å². The van der Waals surface area contributed by atoms with Gasteiger partial charge in [0.2, 0.25) is 5.82 Å². The molecule has 2 rings (SSSR count). The van der Waals surface area contributed by atoms with Gasteiger partial charge in [-0.2, -0.15) is 0 Å². The highest BCUT2D eigenvalue weighted by molar-refractivity contribution is 5.58. The van der Waals surface area contributed by atoms with Gasteiger partial charge in [-0.05, 0) is 31.2 Å². The first kappa shape index (κ1) is 12.6. The number of hydrogen-bond acceptors (Lipinski definition) is 5. The Hall–Kier alpha value is -1.85. The lowest BCUT2D eigenvalue weighted by Crippen LogP contribution is -2.27. The van der Waals surface area contributed by atoms with Gasteiger partial charge in [0.05, 0.1) is 4.92 Å². The van der Waals surface area contributed by atoms with Crippen molar-refractivity contribution in [3.05, 3.63) is 22.2 Å². The van der Waals surface area contributed by atoms with Gasteiger partial charge in [-0.15, -0.1) is 0 Å². The van der Waals surface area contributed by atoms with Crippen molar-refractivity contribution in [2.75, 3.05) is 23.7 Å². The number of nitrogens with zero attached hydrogens (tertiary/aromatic N) is 3. The molecular formula is C12H18N4O2. The summed E-state index contributed by atoms with van der Waals surface area (Å²) in [7, 11) is 0. The minimum atomic E-state index is -0.503. The lowest BCUT2D eigenvalue weighted by molar-refractivity contribution is -0.384. The zero-order chi connectivity index (χ0) is 13.1. The number of rotatable bonds is 6. The van der Waals surface area contributed by atoms with Gasteiger partial charge in [0, 0.05) is 19.2 Å². The Morgan fingerprint density at radius 1 is 1.56 bits per heavy atom. The Morgan fingerprint density at radius 3 is 2.78 bits per heavy atom. The number of hydrogen-bond donors (Lipinski definition) is 1. The molecule has 98 valence electrons. The quantitative estimate of drug-likeness (QED) is 0.618. The van der Waals surface area contributed by atoms with Crippen LogP contribution in [0, 0.1) is 16.0 Å². The zero-order valence-corrected chi connectivity index (χ0v) is 10.5. The smallest absolute Gasteiger partial charge is 0.311 e. The number of nitrogen functional groups attached to an aromatic ring is 1. The fraction of sp³-hybridized carbons (Fsp3) is 0.583. The SMILES string of the molecule is CCCN(CC1CC1)c1ccc([N+](=O)[O-])c(N)n1. The lowest BCUT2D eigenvalue weighted by atomic mass is 10.3. The average Bonchev–Trinajstić information content (AvgIpc) is 3.11. The Labute approximate surface area is 106 Å². The molecule has 1 fully saturated rings. The molecule has 0 bridgehead atoms. The Bertz CT molecular complexity index is 446. The summed E-state index contributed by atoms with van der Waals surface area (Å²) in [6.45, 7) is 3.98. The van der Waals surface area contributed by atoms with Crippen molar-refractivity contribution in [2.45, 2.75) is 26.2 Å². The van der Waals surface area contributed by atoms with Crippen molar-refractivity contribution in [3.63, 3.8) is 0 Å². The number of nitrogens with two attached hydrogens (primary N) is 1. The summed E-state index contributed by atoms with van der Waals surface area (Å²) in [6, 6.07) is 3.12. The van der Waals surface area contributed by atoms with E-state index >= 15 is 0 Å². The highest BCUT2D eigenvalue weighted by Crippen LogP contribution is 2.32. The Kier molecular flexibility index (Phi) is 3.64. The van der Waals surface area contributed by atoms with Crippen molar-refractivity contribution in [1.29, 1.82) is 0 Å². The van der Waals surface area contributed by atoms with Crippen molar-refractivity contribution in [3.8, 4) is 0 Å². The van der Waals surface area contributed by atoms with Crippen molar-refractivity contribution < 1.29 is 4.92 Å². The van der Waals surface area contributed by atoms with Gasteiger partial charge in [0.1, 0.15) is 5.82 Å². The molecule has 18 heavy (non-hydrogen) atoms. The molecule has 0 aromatic carbocycles. The summed E-state index contributed by atoms with van der Waals surface area (Å²) < 4.78 is 0. The minimum Gasteiger partial charge on any atom is -0.378 e. The fourth-order valence-corrected chi connectivity index (χ4v) is 1.97. The second-order valence-electron chi connectivity index (χ2n) is 4.72. The van der Waals surface area contributed by atoms with E-state index in [9.17, 15) is 10.1 Å². The van der Waals surface area contributed by atoms with E-state index in [0.29, 0.717) is 0 Å². The number of nitro groups is 1. The molecule has 0 spiro atoms. The topological polar surface area (TPSA) is 85.3 Å². The molecule has 1 aromatic rings. The maximum atomic E-state index is 10.7. The zero-order valence-electron chi connectivity index (χ0n) is 10.5. The van der Waals surface area contributed by atoms with Crippen LogP contribution < -0.4 is 10.6 Å². The first-order chi connectivity index (χ1) is 8.61. The van der Waals surface area contributed by atoms with Crippen LogP contribution in [0.4, 0.5) is 17.3 Å². The lowest BCUT2D eigenvalue weighted by Gasteiger charge is -2.23. The summed E-state index contributed by atoms with van der Waals surface area (Å²) >= 11 is 0. The van der Waals surface area contributed by atoms with Gasteiger partial charge in [0.15, 0.2) is 0 Å². The molecule has 6 heteroatoms. The fourth-order valence-electron chi connectivity index (χ4n) is 1.97. The summed E-state index contributed by atoms with van der Waals surface area (Å²) in [5, 5.41) is 10.7. The van der Waals surface area contributed by atoms with E-state index < -0.39 is 4.92 Å². The molecule has 0 atom stereocenters. The molecule has 0 saturated heterocycles. The molecule has 6 nitrogen and oxygen atoms in total. The second kappa shape index (κ2) is 5.20. The molecule has 2 N–H and O–H groups in total. The minimum absolute atomic E-state index is 0.00519. The summed E-state index contributed by atoms with van der Waals surface area (Å²) in [5.41, 5.74) is 5.50. The number of aromatic nitrogens is 1. The largest absolute Gasteiger partial charge is 0.378 e. The van der Waals surface area contributed by atoms with E-state index in [2.05, 4.69) is 16.8 Å². The van der Waals surface area contributed by atoms with Gasteiger partial charge in [-0.1, -0.05) is 6.92 Å². The molecule has 0 radical (unpaired) electrons. The van der Waals surface area contributed by atoms with E-state index in [4.69, 9.17) is 5.73 Å². The third-order valence-corrected chi connectivity index (χ3v) is 3.08. The van der Waals surface area contributed by atoms with E-state index in [1.54, 1.807) is 6.07 Å². The standard InChI is InChI=1S/C12H18N4O2/c1-2-7-15(8-9-3-4-9)11-6-5-10(16(17)18)12(13)14-11/h5-6,9H,2-4,7-8H2,1H3,(H2,13,14). The van der Waals surface area contributed by atoms with Crippen LogP contribution in [0.3, 0.4) is 0 Å². The molecule has 0 aliphatic heterocycles. The third kappa shape index (κ3) is 2.88. The molecule has 1 saturated carbocycles. The Balaban J connectivity index is 2.18. The van der Waals surface area contributed by atoms with Crippen LogP contribution >= 0.6 is 0 Å². The third-order valence-electron chi connectivity index (χ3n) is 3.08. The average molecular weight is 250 g/mol. The van der Waals surface area contributed by atoms with Crippen LogP contribution in [0.2, 0.25) is 0 Å². The predicted molar refractivity (Wildman–Crippen MR) is 70.5 cm³/mol. The van der Waals surface area contributed by atoms with Crippen molar-refractivity contribution in [1.82, 2.24) is 4.98 Å². The summed E-state index contributed by atoms with van der Waals surface area (Å²) in [5.74, 6) is 1.48. The summed E-state index contributed by atoms with van der Waals surface area (Å²) in [6.07, 6.45) is 3.55. The molecule has 1 aromatic heterocycles. The van der Waals surface area contributed by atoms with Gasteiger partial charge < -0.3 is 10.6 Å². The predicted octanol–water partition coefficient (Wildman–Crippen LogP) is 2.20. The maximum Gasteiger partial charge on any atom is 0.311 e. The molecule has 1 aliphatic carbocycles. The van der Waals surface area contributed by atoms with Crippen molar-refractivity contribution in [2.24, 2.45) is 5.92 Å². The Morgan fingerprint density at radius 2 is 2.28 bits per heavy atom. The van der Waals surface area contributed by atoms with Crippen LogP contribution in [0.15, 0.2) is 12.1 Å². The van der Waals surface area contributed by atoms with Crippen LogP contribution in [0.25, 0.3) is 0 Å². The first-order valence-corrected chi connectivity index (χ1v) is 6.27. The van der Waals surface area contributed by atoms with Crippen molar-refractivity contribution >= 4 is 17.3 Å². The molecular weight excluding hydrogens is 232 g/mol. The van der Waals surface area contributed by atoms with E-state index in [1.165, 1.54) is 18.9 Å². The second-order valence-corrected chi connectivity index (χ2v) is 4.72. The number of pyridine rings is 1. The molecule has 0 amide bonds. The van der Waals surface area contributed by atoms with E-state index in [-0.39, 0.29) is 11.5 Å². The summed E-state index contributed by atoms with van der Waals surface area (Å²) in [4.78, 5) is 16.5. The highest BCUT2D eigenvalue weighted by Gasteiger charge is 2.25.